The van der Waals surface area contributed by atoms with E-state index in [0.717, 1.165) is 43.2 Å². The van der Waals surface area contributed by atoms with Crippen LogP contribution in [0.5, 0.6) is 5.75 Å². The third-order valence-electron chi connectivity index (χ3n) is 6.90. The molecule has 0 aromatic carbocycles. The number of carbonyl (C=O) groups excluding carboxylic acids is 1. The predicted molar refractivity (Wildman–Crippen MR) is 143 cm³/mol. The Kier molecular flexibility index (Phi) is 7.50. The van der Waals surface area contributed by atoms with Crippen LogP contribution in [0.15, 0.2) is 40.8 Å². The quantitative estimate of drug-likeness (QED) is 0.249. The van der Waals surface area contributed by atoms with E-state index >= 15 is 0 Å². The highest BCUT2D eigenvalue weighted by molar-refractivity contribution is 6.60. The fourth-order valence-electron chi connectivity index (χ4n) is 4.53. The van der Waals surface area contributed by atoms with E-state index in [4.69, 9.17) is 15.6 Å². The number of aliphatic imine (C=N–C) groups is 1. The number of pyridine rings is 2. The van der Waals surface area contributed by atoms with Crippen molar-refractivity contribution in [2.45, 2.75) is 31.8 Å². The molecule has 1 saturated carbocycles. The molecule has 11 nitrogen and oxygen atoms in total. The van der Waals surface area contributed by atoms with Gasteiger partial charge in [0.15, 0.2) is 22.9 Å². The first kappa shape index (κ1) is 25.6. The molecule has 0 spiro atoms. The van der Waals surface area contributed by atoms with Crippen molar-refractivity contribution >= 4 is 29.2 Å². The molecule has 38 heavy (non-hydrogen) atoms. The van der Waals surface area contributed by atoms with E-state index in [1.54, 1.807) is 0 Å². The maximum atomic E-state index is 14.3. The zero-order valence-electron chi connectivity index (χ0n) is 21.6. The number of nitrogens with one attached hydrogen (secondary N) is 1. The summed E-state index contributed by atoms with van der Waals surface area (Å²) in [7, 11) is 3.51. The second-order valence-electron chi connectivity index (χ2n) is 9.63. The lowest BCUT2D eigenvalue weighted by Crippen LogP contribution is -2.44. The molecule has 1 amide bonds. The number of halogens is 1. The number of hydrogen-bond donors (Lipinski definition) is 2. The summed E-state index contributed by atoms with van der Waals surface area (Å²) in [5.74, 6) is 4.86. The van der Waals surface area contributed by atoms with Crippen LogP contribution < -0.4 is 20.8 Å². The number of anilines is 1. The van der Waals surface area contributed by atoms with Crippen molar-refractivity contribution in [3.8, 4) is 5.75 Å². The van der Waals surface area contributed by atoms with Gasteiger partial charge in [-0.1, -0.05) is 0 Å². The van der Waals surface area contributed by atoms with Crippen molar-refractivity contribution in [3.63, 3.8) is 0 Å². The summed E-state index contributed by atoms with van der Waals surface area (Å²) >= 11 is 0. The number of hydrogen-bond acceptors (Lipinski definition) is 9. The van der Waals surface area contributed by atoms with Crippen LogP contribution in [0.2, 0.25) is 0 Å². The van der Waals surface area contributed by atoms with Crippen molar-refractivity contribution in [3.05, 3.63) is 53.5 Å². The molecular formula is C26H32FN9O2. The van der Waals surface area contributed by atoms with Gasteiger partial charge in [-0.15, -0.1) is 0 Å². The van der Waals surface area contributed by atoms with Gasteiger partial charge in [0.05, 0.1) is 43.5 Å². The van der Waals surface area contributed by atoms with Gasteiger partial charge in [-0.3, -0.25) is 14.8 Å². The van der Waals surface area contributed by atoms with Crippen LogP contribution >= 0.6 is 0 Å². The van der Waals surface area contributed by atoms with Crippen LogP contribution in [0.25, 0.3) is 5.65 Å². The maximum absolute atomic E-state index is 14.3. The highest BCUT2D eigenvalue weighted by Gasteiger charge is 2.27. The number of ether oxygens (including phenoxy) is 1. The Bertz CT molecular complexity index is 1370. The molecule has 3 N–H and O–H groups in total. The smallest absolute Gasteiger partial charge is 0.273 e. The molecule has 1 aliphatic carbocycles. The number of methoxy groups -OCH3 is 1. The number of piperazine rings is 1. The topological polar surface area (TPSA) is 126 Å². The second-order valence-corrected chi connectivity index (χ2v) is 9.63. The number of hydrazone groups is 1. The van der Waals surface area contributed by atoms with Gasteiger partial charge in [-0.05, 0) is 37.4 Å². The number of carbonyl (C=O) groups is 1. The Labute approximate surface area is 220 Å². The molecule has 0 atom stereocenters. The Balaban J connectivity index is 1.27. The molecular weight excluding hydrogens is 489 g/mol. The van der Waals surface area contributed by atoms with Crippen LogP contribution in [-0.4, -0.2) is 77.4 Å². The van der Waals surface area contributed by atoms with Crippen LogP contribution in [0, 0.1) is 5.82 Å². The zero-order chi connectivity index (χ0) is 26.6. The van der Waals surface area contributed by atoms with E-state index in [0.29, 0.717) is 5.92 Å². The van der Waals surface area contributed by atoms with Gasteiger partial charge >= 0.3 is 0 Å². The molecule has 3 aromatic rings. The number of nitrogens with zero attached hydrogens (tertiary/aromatic N) is 7. The summed E-state index contributed by atoms with van der Waals surface area (Å²) in [6.07, 6.45) is 9.30. The van der Waals surface area contributed by atoms with Gasteiger partial charge < -0.3 is 30.1 Å². The van der Waals surface area contributed by atoms with E-state index in [1.165, 1.54) is 44.0 Å². The van der Waals surface area contributed by atoms with Gasteiger partial charge in [0.25, 0.3) is 5.91 Å². The molecule has 200 valence electrons. The van der Waals surface area contributed by atoms with Crippen LogP contribution in [0.1, 0.15) is 35.7 Å². The summed E-state index contributed by atoms with van der Waals surface area (Å²) in [5.41, 5.74) is 4.12. The first-order chi connectivity index (χ1) is 18.5. The number of aromatic nitrogens is 3. The van der Waals surface area contributed by atoms with Crippen molar-refractivity contribution < 1.29 is 13.9 Å². The van der Waals surface area contributed by atoms with E-state index in [2.05, 4.69) is 53.9 Å². The zero-order valence-corrected chi connectivity index (χ0v) is 21.6. The normalized spacial score (nSPS) is 16.9. The molecule has 12 heteroatoms. The highest BCUT2D eigenvalue weighted by Crippen LogP contribution is 2.42. The summed E-state index contributed by atoms with van der Waals surface area (Å²) in [5, 5.41) is 6.08. The van der Waals surface area contributed by atoms with Gasteiger partial charge in [0, 0.05) is 50.8 Å². The third-order valence-corrected chi connectivity index (χ3v) is 6.90. The minimum Gasteiger partial charge on any atom is -0.494 e. The molecule has 2 aliphatic rings. The molecule has 3 aromatic heterocycles. The molecule has 0 radical (unpaired) electrons. The Morgan fingerprint density at radius 2 is 2.08 bits per heavy atom. The number of rotatable bonds is 9. The largest absolute Gasteiger partial charge is 0.494 e. The molecule has 1 aliphatic heterocycles. The average molecular weight is 522 g/mol. The molecule has 1 saturated heterocycles. The van der Waals surface area contributed by atoms with Gasteiger partial charge in [-0.2, -0.15) is 5.10 Å². The minimum absolute atomic E-state index is 0.0393. The molecule has 4 heterocycles. The summed E-state index contributed by atoms with van der Waals surface area (Å²) in [6, 6.07) is 3.70. The molecule has 0 bridgehead atoms. The lowest BCUT2D eigenvalue weighted by Gasteiger charge is -2.34. The van der Waals surface area contributed by atoms with E-state index in [-0.39, 0.29) is 30.2 Å². The minimum atomic E-state index is -0.636. The number of likely N-dealkylation sites (N-methyl/N-ethyl adjacent to an activating group) is 1. The van der Waals surface area contributed by atoms with Crippen molar-refractivity contribution in [1.82, 2.24) is 24.6 Å². The number of fused-ring (bicyclic) bond motifs is 1. The Hall–Kier alpha value is -4.06. The van der Waals surface area contributed by atoms with E-state index < -0.39 is 11.7 Å². The first-order valence-electron chi connectivity index (χ1n) is 12.6. The summed E-state index contributed by atoms with van der Waals surface area (Å²) in [6.45, 7) is 4.05. The van der Waals surface area contributed by atoms with Crippen molar-refractivity contribution in [1.29, 1.82) is 0 Å². The van der Waals surface area contributed by atoms with Crippen LogP contribution in [0.4, 0.5) is 10.1 Å². The highest BCUT2D eigenvalue weighted by atomic mass is 19.1. The number of amides is 1. The van der Waals surface area contributed by atoms with Crippen molar-refractivity contribution in [2.75, 3.05) is 45.2 Å². The van der Waals surface area contributed by atoms with E-state index in [9.17, 15) is 9.18 Å². The van der Waals surface area contributed by atoms with Crippen molar-refractivity contribution in [2.24, 2.45) is 15.9 Å². The second kappa shape index (κ2) is 11.1. The third kappa shape index (κ3) is 5.59. The van der Waals surface area contributed by atoms with Gasteiger partial charge in [0.2, 0.25) is 0 Å². The molecule has 0 unspecified atom stereocenters. The Morgan fingerprint density at radius 1 is 1.29 bits per heavy atom. The van der Waals surface area contributed by atoms with Gasteiger partial charge in [-0.25, -0.2) is 9.37 Å². The maximum Gasteiger partial charge on any atom is 0.273 e. The van der Waals surface area contributed by atoms with Gasteiger partial charge in [0.1, 0.15) is 0 Å². The van der Waals surface area contributed by atoms with E-state index in [1.807, 2.05) is 6.20 Å². The molecule has 2 fully saturated rings. The summed E-state index contributed by atoms with van der Waals surface area (Å²) < 4.78 is 21.3. The first-order valence-corrected chi connectivity index (χ1v) is 12.6. The fraction of sp³-hybridized carbons (Fsp3) is 0.423. The number of nitrogens with two attached hydrogens (primary N) is 1. The summed E-state index contributed by atoms with van der Waals surface area (Å²) in [4.78, 5) is 30.4. The predicted octanol–water partition coefficient (Wildman–Crippen LogP) is 1.71. The average Bonchev–Trinajstić information content (AvgIpc) is 3.70. The standard InChI is InChI=1S/C26H32FN9O2/c1-34-7-9-35(10-8-34)22-11-18(17-3-4-17)15-36-16-19(32-25(22)36)12-29-13-21(33-28)26(37)31-14-20-24(27)23(38-2)5-6-30-20/h5-6,11,13,15-17H,3-4,7-10,12,14,28H2,1-2H3,(H,31,37). The SMILES string of the molecule is COc1ccnc(CNC(=O)C(C=NCc2cn3cc(C4CC4)cc(N4CCN(C)CC4)c3n2)=NN)c1F. The van der Waals surface area contributed by atoms with Crippen LogP contribution in [-0.2, 0) is 17.9 Å². The Morgan fingerprint density at radius 3 is 2.79 bits per heavy atom. The molecule has 5 rings (SSSR count). The monoisotopic (exact) mass is 521 g/mol. The fourth-order valence-corrected chi connectivity index (χ4v) is 4.53. The van der Waals surface area contributed by atoms with Crippen LogP contribution in [0.3, 0.4) is 0 Å². The lowest BCUT2D eigenvalue weighted by molar-refractivity contribution is -0.114. The lowest BCUT2D eigenvalue weighted by atomic mass is 10.1. The number of imidazole rings is 1.